The van der Waals surface area contributed by atoms with Crippen molar-refractivity contribution in [2.45, 2.75) is 32.2 Å². The van der Waals surface area contributed by atoms with Crippen molar-refractivity contribution in [3.05, 3.63) is 24.2 Å². The van der Waals surface area contributed by atoms with Gasteiger partial charge in [-0.25, -0.2) is 4.79 Å². The van der Waals surface area contributed by atoms with Crippen LogP contribution in [0.25, 0.3) is 0 Å². The van der Waals surface area contributed by atoms with Gasteiger partial charge in [0.25, 0.3) is 0 Å². The summed E-state index contributed by atoms with van der Waals surface area (Å²) in [6, 6.07) is 3.23. The molecule has 0 saturated carbocycles. The van der Waals surface area contributed by atoms with Crippen LogP contribution < -0.4 is 10.6 Å². The predicted octanol–water partition coefficient (Wildman–Crippen LogP) is 1.65. The Morgan fingerprint density at radius 1 is 1.55 bits per heavy atom. The first-order valence-electron chi connectivity index (χ1n) is 7.02. The largest absolute Gasteiger partial charge is 0.467 e. The molecule has 0 aliphatic carbocycles. The molecule has 2 rings (SSSR count). The molecule has 0 spiro atoms. The fourth-order valence-corrected chi connectivity index (χ4v) is 2.27. The molecule has 1 aromatic rings. The zero-order valence-corrected chi connectivity index (χ0v) is 11.7. The van der Waals surface area contributed by atoms with Crippen molar-refractivity contribution in [3.63, 3.8) is 0 Å². The summed E-state index contributed by atoms with van der Waals surface area (Å²) in [5.74, 6) is 0.948. The van der Waals surface area contributed by atoms with Crippen LogP contribution in [-0.2, 0) is 4.79 Å². The van der Waals surface area contributed by atoms with Gasteiger partial charge in [0.1, 0.15) is 5.76 Å². The topological polar surface area (TPSA) is 74.6 Å². The van der Waals surface area contributed by atoms with Gasteiger partial charge in [0.05, 0.1) is 12.3 Å². The SMILES string of the molecule is CC(NC(=O)NCCCN1CCCC1=O)c1ccco1. The molecule has 3 amide bonds. The lowest BCUT2D eigenvalue weighted by Crippen LogP contribution is -2.38. The molecule has 1 atom stereocenters. The average Bonchev–Trinajstić information content (AvgIpc) is 3.06. The lowest BCUT2D eigenvalue weighted by atomic mass is 10.2. The van der Waals surface area contributed by atoms with Crippen molar-refractivity contribution < 1.29 is 14.0 Å². The van der Waals surface area contributed by atoms with E-state index in [0.29, 0.717) is 19.5 Å². The van der Waals surface area contributed by atoms with E-state index in [4.69, 9.17) is 4.42 Å². The quantitative estimate of drug-likeness (QED) is 0.778. The Hall–Kier alpha value is -1.98. The smallest absolute Gasteiger partial charge is 0.315 e. The van der Waals surface area contributed by atoms with Crippen LogP contribution in [0.1, 0.15) is 38.0 Å². The maximum atomic E-state index is 11.7. The number of likely N-dealkylation sites (tertiary alicyclic amines) is 1. The standard InChI is InChI=1S/C14H21N3O3/c1-11(12-5-3-10-20-12)16-14(19)15-7-4-9-17-8-2-6-13(17)18/h3,5,10-11H,2,4,6-9H2,1H3,(H2,15,16,19). The summed E-state index contributed by atoms with van der Waals surface area (Å²) < 4.78 is 5.21. The molecule has 1 saturated heterocycles. The first kappa shape index (κ1) is 14.4. The molecule has 0 bridgehead atoms. The number of nitrogens with one attached hydrogen (secondary N) is 2. The minimum Gasteiger partial charge on any atom is -0.467 e. The maximum absolute atomic E-state index is 11.7. The van der Waals surface area contributed by atoms with Crippen molar-refractivity contribution in [2.24, 2.45) is 0 Å². The third kappa shape index (κ3) is 4.01. The Bertz CT molecular complexity index is 445. The van der Waals surface area contributed by atoms with Crippen LogP contribution in [0.3, 0.4) is 0 Å². The van der Waals surface area contributed by atoms with Crippen molar-refractivity contribution in [2.75, 3.05) is 19.6 Å². The van der Waals surface area contributed by atoms with E-state index >= 15 is 0 Å². The number of nitrogens with zero attached hydrogens (tertiary/aromatic N) is 1. The Morgan fingerprint density at radius 3 is 3.05 bits per heavy atom. The molecule has 1 aliphatic heterocycles. The number of hydrogen-bond donors (Lipinski definition) is 2. The lowest BCUT2D eigenvalue weighted by molar-refractivity contribution is -0.127. The molecule has 110 valence electrons. The molecule has 1 aromatic heterocycles. The van der Waals surface area contributed by atoms with Crippen LogP contribution in [0.5, 0.6) is 0 Å². The zero-order chi connectivity index (χ0) is 14.4. The van der Waals surface area contributed by atoms with E-state index in [9.17, 15) is 9.59 Å². The van der Waals surface area contributed by atoms with Gasteiger partial charge in [-0.2, -0.15) is 0 Å². The maximum Gasteiger partial charge on any atom is 0.315 e. The van der Waals surface area contributed by atoms with Crippen LogP contribution >= 0.6 is 0 Å². The number of amides is 3. The van der Waals surface area contributed by atoms with Gasteiger partial charge >= 0.3 is 6.03 Å². The highest BCUT2D eigenvalue weighted by atomic mass is 16.3. The van der Waals surface area contributed by atoms with Crippen LogP contribution in [0.15, 0.2) is 22.8 Å². The summed E-state index contributed by atoms with van der Waals surface area (Å²) in [7, 11) is 0. The Labute approximate surface area is 118 Å². The van der Waals surface area contributed by atoms with Crippen molar-refractivity contribution in [1.29, 1.82) is 0 Å². The summed E-state index contributed by atoms with van der Waals surface area (Å²) in [6.07, 6.45) is 3.97. The molecule has 0 radical (unpaired) electrons. The van der Waals surface area contributed by atoms with Gasteiger partial charge in [0.2, 0.25) is 5.91 Å². The third-order valence-electron chi connectivity index (χ3n) is 3.38. The molecule has 1 unspecified atom stereocenters. The number of urea groups is 1. The van der Waals surface area contributed by atoms with Gasteiger partial charge < -0.3 is 20.0 Å². The number of carbonyl (C=O) groups excluding carboxylic acids is 2. The summed E-state index contributed by atoms with van der Waals surface area (Å²) in [4.78, 5) is 24.9. The fourth-order valence-electron chi connectivity index (χ4n) is 2.27. The summed E-state index contributed by atoms with van der Waals surface area (Å²) >= 11 is 0. The second-order valence-corrected chi connectivity index (χ2v) is 4.98. The average molecular weight is 279 g/mol. The molecule has 2 N–H and O–H groups in total. The van der Waals surface area contributed by atoms with E-state index < -0.39 is 0 Å². The molecule has 1 fully saturated rings. The van der Waals surface area contributed by atoms with E-state index in [0.717, 1.165) is 25.1 Å². The normalized spacial score (nSPS) is 16.2. The highest BCUT2D eigenvalue weighted by Crippen LogP contribution is 2.11. The van der Waals surface area contributed by atoms with Gasteiger partial charge in [-0.15, -0.1) is 0 Å². The van der Waals surface area contributed by atoms with Crippen LogP contribution in [0.4, 0.5) is 4.79 Å². The van der Waals surface area contributed by atoms with Gasteiger partial charge in [-0.1, -0.05) is 0 Å². The first-order chi connectivity index (χ1) is 9.66. The minimum atomic E-state index is -0.221. The molecular formula is C14H21N3O3. The van der Waals surface area contributed by atoms with E-state index in [2.05, 4.69) is 10.6 Å². The van der Waals surface area contributed by atoms with Gasteiger partial charge in [-0.05, 0) is 31.9 Å². The van der Waals surface area contributed by atoms with E-state index in [1.807, 2.05) is 17.9 Å². The van der Waals surface area contributed by atoms with Gasteiger partial charge in [0, 0.05) is 26.1 Å². The van der Waals surface area contributed by atoms with E-state index in [-0.39, 0.29) is 18.0 Å². The third-order valence-corrected chi connectivity index (χ3v) is 3.38. The minimum absolute atomic E-state index is 0.162. The molecule has 6 nitrogen and oxygen atoms in total. The lowest BCUT2D eigenvalue weighted by Gasteiger charge is -2.16. The van der Waals surface area contributed by atoms with Crippen molar-refractivity contribution in [3.8, 4) is 0 Å². The van der Waals surface area contributed by atoms with Crippen LogP contribution in [0.2, 0.25) is 0 Å². The Kier molecular flexibility index (Phi) is 5.03. The van der Waals surface area contributed by atoms with Crippen molar-refractivity contribution in [1.82, 2.24) is 15.5 Å². The predicted molar refractivity (Wildman–Crippen MR) is 74.1 cm³/mol. The molecule has 0 aromatic carbocycles. The molecule has 1 aliphatic rings. The van der Waals surface area contributed by atoms with E-state index in [1.165, 1.54) is 0 Å². The second-order valence-electron chi connectivity index (χ2n) is 4.98. The molecule has 2 heterocycles. The zero-order valence-electron chi connectivity index (χ0n) is 11.7. The highest BCUT2D eigenvalue weighted by molar-refractivity contribution is 5.78. The van der Waals surface area contributed by atoms with E-state index in [1.54, 1.807) is 12.3 Å². The monoisotopic (exact) mass is 279 g/mol. The summed E-state index contributed by atoms with van der Waals surface area (Å²) in [6.45, 7) is 3.98. The van der Waals surface area contributed by atoms with Gasteiger partial charge in [0.15, 0.2) is 0 Å². The molecule has 20 heavy (non-hydrogen) atoms. The fraction of sp³-hybridized carbons (Fsp3) is 0.571. The van der Waals surface area contributed by atoms with Crippen LogP contribution in [-0.4, -0.2) is 36.5 Å². The van der Waals surface area contributed by atoms with Gasteiger partial charge in [-0.3, -0.25) is 4.79 Å². The number of furan rings is 1. The van der Waals surface area contributed by atoms with Crippen LogP contribution in [0, 0.1) is 0 Å². The summed E-state index contributed by atoms with van der Waals surface area (Å²) in [5, 5.41) is 5.58. The Balaban J connectivity index is 1.59. The highest BCUT2D eigenvalue weighted by Gasteiger charge is 2.19. The second kappa shape index (κ2) is 6.98. The first-order valence-corrected chi connectivity index (χ1v) is 7.02. The number of hydrogen-bond acceptors (Lipinski definition) is 3. The molecular weight excluding hydrogens is 258 g/mol. The van der Waals surface area contributed by atoms with Crippen molar-refractivity contribution >= 4 is 11.9 Å². The Morgan fingerprint density at radius 2 is 2.40 bits per heavy atom. The summed E-state index contributed by atoms with van der Waals surface area (Å²) in [5.41, 5.74) is 0. The number of rotatable bonds is 6. The number of carbonyl (C=O) groups is 2. The molecule has 6 heteroatoms.